The first-order valence-electron chi connectivity index (χ1n) is 14.0. The van der Waals surface area contributed by atoms with Crippen LogP contribution in [0.3, 0.4) is 0 Å². The summed E-state index contributed by atoms with van der Waals surface area (Å²) in [6.07, 6.45) is 1.72. The normalized spacial score (nSPS) is 21.4. The van der Waals surface area contributed by atoms with Crippen molar-refractivity contribution in [3.63, 3.8) is 0 Å². The van der Waals surface area contributed by atoms with E-state index in [1.165, 1.54) is 9.80 Å². The maximum atomic E-state index is 13.5. The van der Waals surface area contributed by atoms with Crippen LogP contribution < -0.4 is 21.7 Å². The van der Waals surface area contributed by atoms with Gasteiger partial charge >= 0.3 is 11.9 Å². The van der Waals surface area contributed by atoms with E-state index in [9.17, 15) is 33.6 Å². The van der Waals surface area contributed by atoms with Crippen LogP contribution in [0.4, 0.5) is 0 Å². The third kappa shape index (κ3) is 9.13. The second-order valence-corrected chi connectivity index (χ2v) is 10.6. The number of aliphatic carboxylic acids is 2. The molecule has 6 atom stereocenters. The molecule has 0 spiro atoms. The summed E-state index contributed by atoms with van der Waals surface area (Å²) in [6, 6.07) is -4.80. The number of carbonyl (C=O) groups excluding carboxylic acids is 5. The number of nitrogens with one attached hydrogen (secondary N) is 3. The summed E-state index contributed by atoms with van der Waals surface area (Å²) < 4.78 is 0. The zero-order valence-electron chi connectivity index (χ0n) is 23.8. The Labute approximate surface area is 238 Å². The Morgan fingerprint density at radius 2 is 1.49 bits per heavy atom. The van der Waals surface area contributed by atoms with Crippen molar-refractivity contribution in [3.05, 3.63) is 0 Å². The molecule has 15 nitrogen and oxygen atoms in total. The van der Waals surface area contributed by atoms with Crippen molar-refractivity contribution in [3.8, 4) is 0 Å². The molecule has 5 amide bonds. The fraction of sp³-hybridized carbons (Fsp3) is 0.731. The number of nitrogens with two attached hydrogens (primary N) is 1. The van der Waals surface area contributed by atoms with Crippen molar-refractivity contribution in [2.24, 2.45) is 11.7 Å². The Balaban J connectivity index is 2.17. The molecule has 0 aromatic heterocycles. The van der Waals surface area contributed by atoms with Gasteiger partial charge in [0.25, 0.3) is 0 Å². The maximum Gasteiger partial charge on any atom is 0.322 e. The first-order valence-corrected chi connectivity index (χ1v) is 14.0. The molecule has 0 bridgehead atoms. The predicted octanol–water partition coefficient (Wildman–Crippen LogP) is -1.60. The molecule has 2 saturated heterocycles. The van der Waals surface area contributed by atoms with Crippen LogP contribution in [0.25, 0.3) is 0 Å². The smallest absolute Gasteiger partial charge is 0.322 e. The van der Waals surface area contributed by atoms with Crippen molar-refractivity contribution in [2.45, 2.75) is 95.9 Å². The highest BCUT2D eigenvalue weighted by Gasteiger charge is 2.43. The number of carboxylic acid groups (broad SMARTS) is 2. The van der Waals surface area contributed by atoms with Gasteiger partial charge < -0.3 is 41.7 Å². The van der Waals surface area contributed by atoms with Crippen molar-refractivity contribution in [1.29, 1.82) is 0 Å². The second-order valence-electron chi connectivity index (χ2n) is 10.6. The Bertz CT molecular complexity index is 1020. The monoisotopic (exact) mass is 582 g/mol. The zero-order valence-corrected chi connectivity index (χ0v) is 23.8. The van der Waals surface area contributed by atoms with Crippen molar-refractivity contribution < 1.29 is 43.8 Å². The van der Waals surface area contributed by atoms with Gasteiger partial charge in [0.1, 0.15) is 30.7 Å². The Morgan fingerprint density at radius 3 is 2.05 bits per heavy atom. The molecule has 230 valence electrons. The predicted molar refractivity (Wildman–Crippen MR) is 144 cm³/mol. The van der Waals surface area contributed by atoms with Gasteiger partial charge in [0.15, 0.2) is 0 Å². The molecule has 7 N–H and O–H groups in total. The van der Waals surface area contributed by atoms with Gasteiger partial charge in [0, 0.05) is 19.5 Å². The minimum Gasteiger partial charge on any atom is -0.481 e. The zero-order chi connectivity index (χ0) is 30.9. The van der Waals surface area contributed by atoms with Crippen molar-refractivity contribution in [1.82, 2.24) is 25.8 Å². The SMILES string of the molecule is CC[C@H](C)[C@H](NC(=O)[C@@H]1CCCN1C(=O)[C@@H]1CCCN1C(=O)[C@H](C)N)C(=O)N[C@@H](CCC(=O)O)C(=O)NCC(=O)O. The van der Waals surface area contributed by atoms with Gasteiger partial charge in [-0.05, 0) is 44.9 Å². The molecule has 2 aliphatic heterocycles. The van der Waals surface area contributed by atoms with Gasteiger partial charge in [-0.1, -0.05) is 20.3 Å². The Hall–Kier alpha value is -3.75. The van der Waals surface area contributed by atoms with Crippen molar-refractivity contribution in [2.75, 3.05) is 19.6 Å². The van der Waals surface area contributed by atoms with E-state index >= 15 is 0 Å². The number of carbonyl (C=O) groups is 7. The number of amides is 5. The Kier molecular flexibility index (Phi) is 12.5. The number of hydrogen-bond acceptors (Lipinski definition) is 8. The highest BCUT2D eigenvalue weighted by Crippen LogP contribution is 2.26. The summed E-state index contributed by atoms with van der Waals surface area (Å²) in [4.78, 5) is 90.0. The quantitative estimate of drug-likeness (QED) is 0.137. The van der Waals surface area contributed by atoms with Gasteiger partial charge in [-0.3, -0.25) is 33.6 Å². The summed E-state index contributed by atoms with van der Waals surface area (Å²) in [5.41, 5.74) is 5.75. The molecule has 2 rings (SSSR count). The highest BCUT2D eigenvalue weighted by molar-refractivity contribution is 5.96. The summed E-state index contributed by atoms with van der Waals surface area (Å²) >= 11 is 0. The van der Waals surface area contributed by atoms with E-state index in [0.29, 0.717) is 45.2 Å². The van der Waals surface area contributed by atoms with Crippen LogP contribution in [0.2, 0.25) is 0 Å². The van der Waals surface area contributed by atoms with Gasteiger partial charge in [-0.2, -0.15) is 0 Å². The summed E-state index contributed by atoms with van der Waals surface area (Å²) in [5, 5.41) is 25.2. The van der Waals surface area contributed by atoms with Gasteiger partial charge in [-0.25, -0.2) is 0 Å². The summed E-state index contributed by atoms with van der Waals surface area (Å²) in [6.45, 7) is 5.07. The minimum absolute atomic E-state index is 0.295. The molecule has 0 aliphatic carbocycles. The minimum atomic E-state index is -1.35. The largest absolute Gasteiger partial charge is 0.481 e. The van der Waals surface area contributed by atoms with Crippen LogP contribution in [0, 0.1) is 5.92 Å². The lowest BCUT2D eigenvalue weighted by atomic mass is 9.97. The van der Waals surface area contributed by atoms with E-state index in [4.69, 9.17) is 15.9 Å². The van der Waals surface area contributed by atoms with Gasteiger partial charge in [-0.15, -0.1) is 0 Å². The molecule has 0 aromatic carbocycles. The number of rotatable bonds is 14. The van der Waals surface area contributed by atoms with Crippen LogP contribution in [-0.2, 0) is 33.6 Å². The molecule has 2 heterocycles. The lowest BCUT2D eigenvalue weighted by Crippen LogP contribution is -2.59. The molecule has 15 heteroatoms. The van der Waals surface area contributed by atoms with Crippen LogP contribution in [-0.4, -0.2) is 111 Å². The average molecular weight is 583 g/mol. The summed E-state index contributed by atoms with van der Waals surface area (Å²) in [5.74, 6) is -5.78. The van der Waals surface area contributed by atoms with Crippen LogP contribution >= 0.6 is 0 Å². The van der Waals surface area contributed by atoms with Crippen LogP contribution in [0.1, 0.15) is 65.7 Å². The topological polar surface area (TPSA) is 229 Å². The fourth-order valence-corrected chi connectivity index (χ4v) is 5.08. The third-order valence-electron chi connectivity index (χ3n) is 7.54. The molecular weight excluding hydrogens is 540 g/mol. The molecule has 0 saturated carbocycles. The van der Waals surface area contributed by atoms with Crippen LogP contribution in [0.15, 0.2) is 0 Å². The highest BCUT2D eigenvalue weighted by atomic mass is 16.4. The third-order valence-corrected chi connectivity index (χ3v) is 7.54. The molecule has 0 radical (unpaired) electrons. The fourth-order valence-electron chi connectivity index (χ4n) is 5.08. The molecule has 2 fully saturated rings. The molecular formula is C26H42N6O9. The molecule has 0 aromatic rings. The molecule has 41 heavy (non-hydrogen) atoms. The van der Waals surface area contributed by atoms with E-state index in [-0.39, 0.29) is 18.2 Å². The average Bonchev–Trinajstić information content (AvgIpc) is 3.61. The first kappa shape index (κ1) is 33.5. The standard InChI is InChI=1S/C26H42N6O9/c1-4-14(2)21(24(39)29-16(9-10-19(33)34)22(37)28-13-20(35)36)30-23(38)17-7-5-11-31(17)26(41)18-8-6-12-32(18)25(40)15(3)27/h14-18,21H,4-13,27H2,1-3H3,(H,28,37)(H,29,39)(H,30,38)(H,33,34)(H,35,36)/t14-,15-,16-,17-,18-,21-/m0/s1. The molecule has 2 aliphatic rings. The molecule has 0 unspecified atom stereocenters. The summed E-state index contributed by atoms with van der Waals surface area (Å²) in [7, 11) is 0. The van der Waals surface area contributed by atoms with E-state index < -0.39 is 78.8 Å². The second kappa shape index (κ2) is 15.3. The number of carboxylic acids is 2. The maximum absolute atomic E-state index is 13.5. The first-order chi connectivity index (χ1) is 19.3. The van der Waals surface area contributed by atoms with E-state index in [1.807, 2.05) is 0 Å². The van der Waals surface area contributed by atoms with Crippen molar-refractivity contribution >= 4 is 41.5 Å². The van der Waals surface area contributed by atoms with E-state index in [1.54, 1.807) is 20.8 Å². The number of hydrogen-bond donors (Lipinski definition) is 6. The van der Waals surface area contributed by atoms with Crippen LogP contribution in [0.5, 0.6) is 0 Å². The van der Waals surface area contributed by atoms with Gasteiger partial charge in [0.05, 0.1) is 6.04 Å². The van der Waals surface area contributed by atoms with E-state index in [2.05, 4.69) is 16.0 Å². The lowest BCUT2D eigenvalue weighted by Gasteiger charge is -2.33. The van der Waals surface area contributed by atoms with Gasteiger partial charge in [0.2, 0.25) is 29.5 Å². The lowest BCUT2D eigenvalue weighted by molar-refractivity contribution is -0.147. The van der Waals surface area contributed by atoms with E-state index in [0.717, 1.165) is 0 Å². The Morgan fingerprint density at radius 1 is 0.878 bits per heavy atom. The number of nitrogens with zero attached hydrogens (tertiary/aromatic N) is 2. The number of likely N-dealkylation sites (tertiary alicyclic amines) is 2.